The maximum Gasteiger partial charge on any atom is 0.243 e. The number of amides is 1. The van der Waals surface area contributed by atoms with Crippen LogP contribution in [-0.2, 0) is 14.8 Å². The Morgan fingerprint density at radius 3 is 2.12 bits per heavy atom. The lowest BCUT2D eigenvalue weighted by atomic mass is 10.2. The average Bonchev–Trinajstić information content (AvgIpc) is 2.62. The minimum absolute atomic E-state index is 0.0117. The van der Waals surface area contributed by atoms with Crippen molar-refractivity contribution in [2.45, 2.75) is 13.8 Å². The number of para-hydroxylation sites is 1. The molecule has 0 unspecified atom stereocenters. The number of likely N-dealkylation sites (N-methyl/N-ethyl adjacent to an activating group) is 1. The largest absolute Gasteiger partial charge is 0.362 e. The predicted octanol–water partition coefficient (Wildman–Crippen LogP) is 2.91. The van der Waals surface area contributed by atoms with Gasteiger partial charge < -0.3 is 10.2 Å². The van der Waals surface area contributed by atoms with Crippen LogP contribution in [0.25, 0.3) is 0 Å². The standard InChI is InChI=1S/C18H23N3O3S/c1-3-21(17-8-6-5-7-9-17)14-18(22)19-15-10-12-16(13-11-15)20-25(23,24)4-2/h5-13,20H,3-4,14H2,1-2H3,(H,19,22). The van der Waals surface area contributed by atoms with Crippen LogP contribution in [0.5, 0.6) is 0 Å². The number of hydrogen-bond acceptors (Lipinski definition) is 4. The van der Waals surface area contributed by atoms with Gasteiger partial charge in [0, 0.05) is 23.6 Å². The van der Waals surface area contributed by atoms with Gasteiger partial charge in [0.05, 0.1) is 12.3 Å². The molecule has 0 radical (unpaired) electrons. The maximum absolute atomic E-state index is 12.3. The molecule has 0 bridgehead atoms. The summed E-state index contributed by atoms with van der Waals surface area (Å²) in [5, 5.41) is 2.82. The third-order valence-electron chi connectivity index (χ3n) is 3.66. The second-order valence-electron chi connectivity index (χ2n) is 5.48. The van der Waals surface area contributed by atoms with E-state index in [9.17, 15) is 13.2 Å². The minimum atomic E-state index is -3.30. The quantitative estimate of drug-likeness (QED) is 0.758. The lowest BCUT2D eigenvalue weighted by molar-refractivity contribution is -0.115. The predicted molar refractivity (Wildman–Crippen MR) is 102 cm³/mol. The number of anilines is 3. The zero-order chi connectivity index (χ0) is 18.3. The molecule has 0 aromatic heterocycles. The third-order valence-corrected chi connectivity index (χ3v) is 4.97. The fraction of sp³-hybridized carbons (Fsp3) is 0.278. The molecule has 6 nitrogen and oxygen atoms in total. The average molecular weight is 361 g/mol. The van der Waals surface area contributed by atoms with E-state index in [0.717, 1.165) is 12.2 Å². The summed E-state index contributed by atoms with van der Waals surface area (Å²) in [5.74, 6) is -0.120. The van der Waals surface area contributed by atoms with Crippen molar-refractivity contribution in [2.24, 2.45) is 0 Å². The third kappa shape index (κ3) is 5.79. The first kappa shape index (κ1) is 18.8. The maximum atomic E-state index is 12.3. The first-order valence-corrected chi connectivity index (χ1v) is 9.79. The topological polar surface area (TPSA) is 78.5 Å². The molecule has 7 heteroatoms. The molecule has 0 atom stereocenters. The molecule has 2 aromatic carbocycles. The van der Waals surface area contributed by atoms with E-state index in [-0.39, 0.29) is 18.2 Å². The SMILES string of the molecule is CCN(CC(=O)Nc1ccc(NS(=O)(=O)CC)cc1)c1ccccc1. The molecule has 2 aromatic rings. The molecule has 0 aliphatic rings. The van der Waals surface area contributed by atoms with Gasteiger partial charge in [0.2, 0.25) is 15.9 Å². The Morgan fingerprint density at radius 2 is 1.56 bits per heavy atom. The van der Waals surface area contributed by atoms with Crippen molar-refractivity contribution in [2.75, 3.05) is 33.8 Å². The zero-order valence-corrected chi connectivity index (χ0v) is 15.2. The Labute approximate surface area is 148 Å². The second kappa shape index (κ2) is 8.53. The number of nitrogens with one attached hydrogen (secondary N) is 2. The summed E-state index contributed by atoms with van der Waals surface area (Å²) in [6.45, 7) is 4.53. The molecule has 0 aliphatic carbocycles. The number of carbonyl (C=O) groups is 1. The van der Waals surface area contributed by atoms with Gasteiger partial charge in [-0.1, -0.05) is 18.2 Å². The van der Waals surface area contributed by atoms with E-state index in [2.05, 4.69) is 10.0 Å². The highest BCUT2D eigenvalue weighted by atomic mass is 32.2. The van der Waals surface area contributed by atoms with Crippen molar-refractivity contribution in [3.05, 3.63) is 54.6 Å². The number of hydrogen-bond donors (Lipinski definition) is 2. The first-order valence-electron chi connectivity index (χ1n) is 8.14. The van der Waals surface area contributed by atoms with Gasteiger partial charge >= 0.3 is 0 Å². The van der Waals surface area contributed by atoms with E-state index in [1.807, 2.05) is 42.2 Å². The van der Waals surface area contributed by atoms with Crippen molar-refractivity contribution < 1.29 is 13.2 Å². The number of nitrogens with zero attached hydrogens (tertiary/aromatic N) is 1. The monoisotopic (exact) mass is 361 g/mol. The summed E-state index contributed by atoms with van der Waals surface area (Å²) in [7, 11) is -3.30. The lowest BCUT2D eigenvalue weighted by Gasteiger charge is -2.22. The normalized spacial score (nSPS) is 11.0. The van der Waals surface area contributed by atoms with E-state index in [1.165, 1.54) is 0 Å². The van der Waals surface area contributed by atoms with Crippen molar-refractivity contribution in [3.63, 3.8) is 0 Å². The molecule has 0 fully saturated rings. The molecule has 134 valence electrons. The molecule has 0 saturated carbocycles. The molecular weight excluding hydrogens is 338 g/mol. The van der Waals surface area contributed by atoms with Crippen LogP contribution < -0.4 is 14.9 Å². The van der Waals surface area contributed by atoms with Gasteiger partial charge in [-0.3, -0.25) is 9.52 Å². The van der Waals surface area contributed by atoms with Crippen molar-refractivity contribution in [1.29, 1.82) is 0 Å². The molecule has 2 rings (SSSR count). The summed E-state index contributed by atoms with van der Waals surface area (Å²) in [6, 6.07) is 16.3. The Kier molecular flexibility index (Phi) is 6.41. The fourth-order valence-electron chi connectivity index (χ4n) is 2.27. The van der Waals surface area contributed by atoms with E-state index in [0.29, 0.717) is 11.4 Å². The van der Waals surface area contributed by atoms with E-state index in [1.54, 1.807) is 31.2 Å². The van der Waals surface area contributed by atoms with Crippen LogP contribution in [0.2, 0.25) is 0 Å². The molecule has 0 aliphatic heterocycles. The summed E-state index contributed by atoms with van der Waals surface area (Å²) in [4.78, 5) is 14.2. The summed E-state index contributed by atoms with van der Waals surface area (Å²) in [6.07, 6.45) is 0. The van der Waals surface area contributed by atoms with Gasteiger partial charge in [0.15, 0.2) is 0 Å². The van der Waals surface area contributed by atoms with Crippen LogP contribution in [0, 0.1) is 0 Å². The van der Waals surface area contributed by atoms with Crippen molar-refractivity contribution >= 4 is 33.0 Å². The molecule has 0 heterocycles. The van der Waals surface area contributed by atoms with Gasteiger partial charge in [0.1, 0.15) is 0 Å². The highest BCUT2D eigenvalue weighted by Crippen LogP contribution is 2.16. The van der Waals surface area contributed by atoms with Crippen LogP contribution in [0.3, 0.4) is 0 Å². The Morgan fingerprint density at radius 1 is 0.960 bits per heavy atom. The van der Waals surface area contributed by atoms with Crippen LogP contribution in [0.15, 0.2) is 54.6 Å². The number of benzene rings is 2. The molecule has 2 N–H and O–H groups in total. The number of rotatable bonds is 8. The first-order chi connectivity index (χ1) is 11.9. The fourth-order valence-corrected chi connectivity index (χ4v) is 2.91. The summed E-state index contributed by atoms with van der Waals surface area (Å²) < 4.78 is 25.5. The molecule has 0 saturated heterocycles. The van der Waals surface area contributed by atoms with E-state index >= 15 is 0 Å². The van der Waals surface area contributed by atoms with Crippen molar-refractivity contribution in [1.82, 2.24) is 0 Å². The van der Waals surface area contributed by atoms with Crippen molar-refractivity contribution in [3.8, 4) is 0 Å². The Balaban J connectivity index is 1.96. The number of carbonyl (C=O) groups excluding carboxylic acids is 1. The van der Waals surface area contributed by atoms with E-state index in [4.69, 9.17) is 0 Å². The minimum Gasteiger partial charge on any atom is -0.362 e. The van der Waals surface area contributed by atoms with Gasteiger partial charge in [-0.05, 0) is 50.2 Å². The summed E-state index contributed by atoms with van der Waals surface area (Å²) >= 11 is 0. The van der Waals surface area contributed by atoms with E-state index < -0.39 is 10.0 Å². The van der Waals surface area contributed by atoms with Gasteiger partial charge in [-0.25, -0.2) is 8.42 Å². The Hall–Kier alpha value is -2.54. The highest BCUT2D eigenvalue weighted by molar-refractivity contribution is 7.92. The smallest absolute Gasteiger partial charge is 0.243 e. The molecular formula is C18H23N3O3S. The lowest BCUT2D eigenvalue weighted by Crippen LogP contribution is -2.33. The number of sulfonamides is 1. The van der Waals surface area contributed by atoms with Gasteiger partial charge in [0.25, 0.3) is 0 Å². The highest BCUT2D eigenvalue weighted by Gasteiger charge is 2.11. The van der Waals surface area contributed by atoms with Gasteiger partial charge in [-0.2, -0.15) is 0 Å². The van der Waals surface area contributed by atoms with Crippen LogP contribution >= 0.6 is 0 Å². The molecule has 25 heavy (non-hydrogen) atoms. The zero-order valence-electron chi connectivity index (χ0n) is 14.4. The van der Waals surface area contributed by atoms with Crippen LogP contribution in [-0.4, -0.2) is 33.2 Å². The van der Waals surface area contributed by atoms with Crippen LogP contribution in [0.1, 0.15) is 13.8 Å². The summed E-state index contributed by atoms with van der Waals surface area (Å²) in [5.41, 5.74) is 2.08. The van der Waals surface area contributed by atoms with Crippen LogP contribution in [0.4, 0.5) is 17.1 Å². The second-order valence-corrected chi connectivity index (χ2v) is 7.49. The molecule has 0 spiro atoms. The Bertz CT molecular complexity index is 790. The molecule has 1 amide bonds. The van der Waals surface area contributed by atoms with Gasteiger partial charge in [-0.15, -0.1) is 0 Å².